The van der Waals surface area contributed by atoms with Gasteiger partial charge in [0.25, 0.3) is 0 Å². The molecule has 0 unspecified atom stereocenters. The van der Waals surface area contributed by atoms with Gasteiger partial charge in [-0.2, -0.15) is 0 Å². The van der Waals surface area contributed by atoms with Gasteiger partial charge in [0.1, 0.15) is 0 Å². The third-order valence-corrected chi connectivity index (χ3v) is 1.27. The van der Waals surface area contributed by atoms with Crippen molar-refractivity contribution in [3.8, 4) is 0 Å². The lowest BCUT2D eigenvalue weighted by molar-refractivity contribution is 1.59. The Morgan fingerprint density at radius 3 is 2.50 bits per heavy atom. The maximum atomic E-state index is 5.60. The molecule has 0 bridgehead atoms. The summed E-state index contributed by atoms with van der Waals surface area (Å²) in [5.41, 5.74) is 12.5. The lowest BCUT2D eigenvalue weighted by Gasteiger charge is -1.96. The molecule has 0 saturated carbocycles. The van der Waals surface area contributed by atoms with Crippen molar-refractivity contribution in [1.82, 2.24) is 0 Å². The largest absolute Gasteiger partial charge is 0.405 e. The quantitative estimate of drug-likeness (QED) is 0.567. The molecule has 0 atom stereocenters. The number of hydrogen-bond donors (Lipinski definition) is 2. The van der Waals surface area contributed by atoms with E-state index < -0.39 is 0 Å². The van der Waals surface area contributed by atoms with Gasteiger partial charge in [-0.3, -0.25) is 0 Å². The summed E-state index contributed by atoms with van der Waals surface area (Å²) in [7, 11) is 0. The molecule has 0 aliphatic heterocycles. The maximum absolute atomic E-state index is 5.60. The first-order valence-corrected chi connectivity index (χ1v) is 3.07. The van der Waals surface area contributed by atoms with Crippen molar-refractivity contribution >= 4 is 11.8 Å². The Morgan fingerprint density at radius 2 is 1.90 bits per heavy atom. The van der Waals surface area contributed by atoms with Gasteiger partial charge in [-0.05, 0) is 23.9 Å². The van der Waals surface area contributed by atoms with Crippen LogP contribution in [0.5, 0.6) is 0 Å². The van der Waals surface area contributed by atoms with Crippen LogP contribution in [0.4, 0.5) is 5.69 Å². The van der Waals surface area contributed by atoms with Gasteiger partial charge in [0, 0.05) is 5.69 Å². The Morgan fingerprint density at radius 1 is 1.20 bits per heavy atom. The molecule has 0 fully saturated rings. The van der Waals surface area contributed by atoms with Gasteiger partial charge in [-0.1, -0.05) is 18.2 Å². The van der Waals surface area contributed by atoms with Gasteiger partial charge in [-0.25, -0.2) is 0 Å². The molecule has 0 amide bonds. The van der Waals surface area contributed by atoms with Crippen LogP contribution in [0.1, 0.15) is 5.56 Å². The highest BCUT2D eigenvalue weighted by atomic mass is 14.6. The second-order valence-electron chi connectivity index (χ2n) is 1.99. The zero-order chi connectivity index (χ0) is 7.40. The van der Waals surface area contributed by atoms with Gasteiger partial charge < -0.3 is 11.5 Å². The number of rotatable bonds is 1. The van der Waals surface area contributed by atoms with Gasteiger partial charge in [0.05, 0.1) is 0 Å². The average molecular weight is 134 g/mol. The van der Waals surface area contributed by atoms with Gasteiger partial charge in [-0.15, -0.1) is 0 Å². The monoisotopic (exact) mass is 134 g/mol. The molecule has 1 rings (SSSR count). The Labute approximate surface area is 60.2 Å². The van der Waals surface area contributed by atoms with Crippen LogP contribution in [0.3, 0.4) is 0 Å². The van der Waals surface area contributed by atoms with E-state index in [2.05, 4.69) is 0 Å². The lowest BCUT2D eigenvalue weighted by atomic mass is 10.2. The van der Waals surface area contributed by atoms with Crippen LogP contribution >= 0.6 is 0 Å². The molecular formula is C8H10N2. The SMILES string of the molecule is N/C=C\c1ccccc1N. The van der Waals surface area contributed by atoms with Crippen LogP contribution in [0.15, 0.2) is 30.5 Å². The number of benzene rings is 1. The molecule has 0 aliphatic rings. The zero-order valence-electron chi connectivity index (χ0n) is 5.62. The van der Waals surface area contributed by atoms with E-state index in [1.165, 1.54) is 6.20 Å². The van der Waals surface area contributed by atoms with Crippen LogP contribution in [0, 0.1) is 0 Å². The molecule has 2 nitrogen and oxygen atoms in total. The fourth-order valence-electron chi connectivity index (χ4n) is 0.766. The first-order chi connectivity index (χ1) is 4.84. The molecule has 0 aliphatic carbocycles. The molecular weight excluding hydrogens is 124 g/mol. The predicted octanol–water partition coefficient (Wildman–Crippen LogP) is 1.20. The minimum absolute atomic E-state index is 0.754. The van der Waals surface area contributed by atoms with Crippen LogP contribution in [-0.4, -0.2) is 0 Å². The number of hydrogen-bond acceptors (Lipinski definition) is 2. The average Bonchev–Trinajstić information content (AvgIpc) is 1.94. The first kappa shape index (κ1) is 6.68. The summed E-state index contributed by atoms with van der Waals surface area (Å²) in [6.07, 6.45) is 3.25. The zero-order valence-corrected chi connectivity index (χ0v) is 5.62. The second kappa shape index (κ2) is 2.92. The number of anilines is 1. The number of nitrogen functional groups attached to an aromatic ring is 1. The van der Waals surface area contributed by atoms with Crippen molar-refractivity contribution in [2.75, 3.05) is 5.73 Å². The van der Waals surface area contributed by atoms with E-state index in [0.717, 1.165) is 11.3 Å². The Kier molecular flexibility index (Phi) is 1.95. The smallest absolute Gasteiger partial charge is 0.0388 e. The van der Waals surface area contributed by atoms with E-state index in [1.54, 1.807) is 6.08 Å². The lowest BCUT2D eigenvalue weighted by Crippen LogP contribution is -1.88. The molecule has 1 aromatic rings. The summed E-state index contributed by atoms with van der Waals surface area (Å²) in [6.45, 7) is 0. The van der Waals surface area contributed by atoms with E-state index >= 15 is 0 Å². The van der Waals surface area contributed by atoms with Crippen LogP contribution in [-0.2, 0) is 0 Å². The summed E-state index contributed by atoms with van der Waals surface area (Å²) in [4.78, 5) is 0. The highest BCUT2D eigenvalue weighted by molar-refractivity contribution is 5.63. The van der Waals surface area contributed by atoms with E-state index in [-0.39, 0.29) is 0 Å². The Hall–Kier alpha value is -1.44. The van der Waals surface area contributed by atoms with Crippen molar-refractivity contribution < 1.29 is 0 Å². The topological polar surface area (TPSA) is 52.0 Å². The third kappa shape index (κ3) is 1.29. The molecule has 0 heterocycles. The maximum Gasteiger partial charge on any atom is 0.0388 e. The second-order valence-corrected chi connectivity index (χ2v) is 1.99. The summed E-state index contributed by atoms with van der Waals surface area (Å²) in [5, 5.41) is 0. The van der Waals surface area contributed by atoms with Crippen LogP contribution < -0.4 is 11.5 Å². The number of nitrogens with two attached hydrogens (primary N) is 2. The predicted molar refractivity (Wildman–Crippen MR) is 44.1 cm³/mol. The molecule has 1 aromatic carbocycles. The third-order valence-electron chi connectivity index (χ3n) is 1.27. The highest BCUT2D eigenvalue weighted by Gasteiger charge is 1.88. The Bertz CT molecular complexity index is 241. The minimum atomic E-state index is 0.754. The van der Waals surface area contributed by atoms with E-state index in [9.17, 15) is 0 Å². The van der Waals surface area contributed by atoms with Crippen LogP contribution in [0.2, 0.25) is 0 Å². The standard InChI is InChI=1S/C8H10N2/c9-6-5-7-3-1-2-4-8(7)10/h1-6H,9-10H2/b6-5-. The van der Waals surface area contributed by atoms with Crippen molar-refractivity contribution in [3.63, 3.8) is 0 Å². The molecule has 10 heavy (non-hydrogen) atoms. The van der Waals surface area contributed by atoms with Gasteiger partial charge in [0.2, 0.25) is 0 Å². The molecule has 4 N–H and O–H groups in total. The summed E-state index contributed by atoms with van der Waals surface area (Å²) >= 11 is 0. The van der Waals surface area contributed by atoms with Crippen LogP contribution in [0.25, 0.3) is 6.08 Å². The minimum Gasteiger partial charge on any atom is -0.405 e. The molecule has 2 heteroatoms. The molecule has 0 radical (unpaired) electrons. The van der Waals surface area contributed by atoms with Crippen molar-refractivity contribution in [2.45, 2.75) is 0 Å². The Balaban J connectivity index is 3.03. The molecule has 52 valence electrons. The molecule has 0 saturated heterocycles. The summed E-state index contributed by atoms with van der Waals surface area (Å²) < 4.78 is 0. The highest BCUT2D eigenvalue weighted by Crippen LogP contribution is 2.10. The van der Waals surface area contributed by atoms with Gasteiger partial charge in [0.15, 0.2) is 0 Å². The summed E-state index contributed by atoms with van der Waals surface area (Å²) in [6, 6.07) is 7.57. The molecule has 0 aromatic heterocycles. The van der Waals surface area contributed by atoms with Crippen molar-refractivity contribution in [3.05, 3.63) is 36.0 Å². The van der Waals surface area contributed by atoms with Gasteiger partial charge >= 0.3 is 0 Å². The normalized spacial score (nSPS) is 10.4. The number of para-hydroxylation sites is 1. The van der Waals surface area contributed by atoms with E-state index in [1.807, 2.05) is 24.3 Å². The molecule has 0 spiro atoms. The van der Waals surface area contributed by atoms with E-state index in [4.69, 9.17) is 11.5 Å². The van der Waals surface area contributed by atoms with Crippen molar-refractivity contribution in [2.24, 2.45) is 5.73 Å². The van der Waals surface area contributed by atoms with Crippen molar-refractivity contribution in [1.29, 1.82) is 0 Å². The first-order valence-electron chi connectivity index (χ1n) is 3.07. The van der Waals surface area contributed by atoms with E-state index in [0.29, 0.717) is 0 Å². The summed E-state index contributed by atoms with van der Waals surface area (Å²) in [5.74, 6) is 0. The fourth-order valence-corrected chi connectivity index (χ4v) is 0.766. The fraction of sp³-hybridized carbons (Fsp3) is 0.